The minimum Gasteiger partial charge on any atom is -0.451 e. The lowest BCUT2D eigenvalue weighted by molar-refractivity contribution is 0.0925. The molecule has 2 aromatic heterocycles. The Labute approximate surface area is 140 Å². The van der Waals surface area contributed by atoms with Crippen LogP contribution in [0.2, 0.25) is 0 Å². The number of benzene rings is 2. The number of carbonyl (C=O) groups excluding carboxylic acids is 1. The predicted molar refractivity (Wildman–Crippen MR) is 89.8 cm³/mol. The number of fused-ring (bicyclic) bond motifs is 2. The summed E-state index contributed by atoms with van der Waals surface area (Å²) in [6.45, 7) is 0.0869. The lowest BCUT2D eigenvalue weighted by atomic mass is 10.1. The summed E-state index contributed by atoms with van der Waals surface area (Å²) in [6.07, 6.45) is 0. The van der Waals surface area contributed by atoms with Crippen LogP contribution in [0.5, 0.6) is 0 Å². The van der Waals surface area contributed by atoms with Crippen LogP contribution >= 0.6 is 0 Å². The first-order valence-corrected chi connectivity index (χ1v) is 7.59. The molecule has 0 fully saturated rings. The van der Waals surface area contributed by atoms with Crippen LogP contribution in [0.3, 0.4) is 0 Å². The first kappa shape index (κ1) is 15.1. The molecule has 6 heteroatoms. The number of rotatable bonds is 3. The van der Waals surface area contributed by atoms with Gasteiger partial charge >= 0.3 is 5.63 Å². The summed E-state index contributed by atoms with van der Waals surface area (Å²) >= 11 is 0. The molecule has 0 aliphatic heterocycles. The Morgan fingerprint density at radius 2 is 1.84 bits per heavy atom. The number of carbonyl (C=O) groups is 1. The van der Waals surface area contributed by atoms with Crippen LogP contribution in [0.4, 0.5) is 4.39 Å². The van der Waals surface area contributed by atoms with Crippen LogP contribution < -0.4 is 10.9 Å². The third kappa shape index (κ3) is 2.89. The van der Waals surface area contributed by atoms with Gasteiger partial charge in [0, 0.05) is 29.4 Å². The normalized spacial score (nSPS) is 11.1. The predicted octanol–water partition coefficient (Wildman–Crippen LogP) is 3.61. The maximum Gasteiger partial charge on any atom is 0.336 e. The molecule has 25 heavy (non-hydrogen) atoms. The van der Waals surface area contributed by atoms with Crippen molar-refractivity contribution in [3.63, 3.8) is 0 Å². The highest BCUT2D eigenvalue weighted by Crippen LogP contribution is 2.20. The highest BCUT2D eigenvalue weighted by molar-refractivity contribution is 5.96. The van der Waals surface area contributed by atoms with E-state index in [-0.39, 0.29) is 17.9 Å². The third-order valence-corrected chi connectivity index (χ3v) is 3.88. The van der Waals surface area contributed by atoms with Gasteiger partial charge in [-0.2, -0.15) is 0 Å². The summed E-state index contributed by atoms with van der Waals surface area (Å²) in [6, 6.07) is 14.1. The summed E-state index contributed by atoms with van der Waals surface area (Å²) in [4.78, 5) is 23.9. The molecule has 0 atom stereocenters. The Hall–Kier alpha value is -3.41. The number of hydrogen-bond acceptors (Lipinski definition) is 4. The fourth-order valence-corrected chi connectivity index (χ4v) is 2.71. The molecule has 124 valence electrons. The molecule has 2 heterocycles. The van der Waals surface area contributed by atoms with Crippen molar-refractivity contribution in [2.45, 2.75) is 6.54 Å². The van der Waals surface area contributed by atoms with Gasteiger partial charge in [0.05, 0.1) is 0 Å². The Kier molecular flexibility index (Phi) is 3.57. The molecule has 2 aromatic carbocycles. The Balaban J connectivity index is 1.61. The Bertz CT molecular complexity index is 1130. The minimum absolute atomic E-state index is 0.0869. The van der Waals surface area contributed by atoms with Crippen molar-refractivity contribution in [2.24, 2.45) is 0 Å². The first-order chi connectivity index (χ1) is 12.1. The molecule has 0 bridgehead atoms. The monoisotopic (exact) mass is 337 g/mol. The summed E-state index contributed by atoms with van der Waals surface area (Å²) in [5.41, 5.74) is 0.691. The fraction of sp³-hybridized carbons (Fsp3) is 0.0526. The van der Waals surface area contributed by atoms with E-state index < -0.39 is 17.3 Å². The van der Waals surface area contributed by atoms with E-state index in [2.05, 4.69) is 5.32 Å². The zero-order valence-corrected chi connectivity index (χ0v) is 12.9. The Morgan fingerprint density at radius 3 is 2.68 bits per heavy atom. The van der Waals surface area contributed by atoms with Crippen molar-refractivity contribution < 1.29 is 18.0 Å². The maximum atomic E-state index is 13.3. The maximum absolute atomic E-state index is 13.3. The number of para-hydroxylation sites is 1. The highest BCUT2D eigenvalue weighted by atomic mass is 19.1. The van der Waals surface area contributed by atoms with E-state index in [0.717, 1.165) is 11.5 Å². The average molecular weight is 337 g/mol. The second kappa shape index (κ2) is 5.90. The SMILES string of the molecule is O=C(NCc1cc(=O)oc2cc(F)ccc12)c1cc2ccccc2o1. The second-order valence-corrected chi connectivity index (χ2v) is 5.56. The van der Waals surface area contributed by atoms with Crippen molar-refractivity contribution in [1.82, 2.24) is 5.32 Å². The number of nitrogens with one attached hydrogen (secondary N) is 1. The molecule has 0 spiro atoms. The third-order valence-electron chi connectivity index (χ3n) is 3.88. The van der Waals surface area contributed by atoms with E-state index in [4.69, 9.17) is 8.83 Å². The molecule has 0 saturated heterocycles. The molecule has 0 radical (unpaired) electrons. The molecule has 5 nitrogen and oxygen atoms in total. The molecule has 0 aliphatic carbocycles. The number of halogens is 1. The quantitative estimate of drug-likeness (QED) is 0.580. The van der Waals surface area contributed by atoms with Crippen molar-refractivity contribution >= 4 is 27.8 Å². The highest BCUT2D eigenvalue weighted by Gasteiger charge is 2.13. The van der Waals surface area contributed by atoms with Gasteiger partial charge < -0.3 is 14.2 Å². The Morgan fingerprint density at radius 1 is 1.00 bits per heavy atom. The lowest BCUT2D eigenvalue weighted by Crippen LogP contribution is -2.23. The van der Waals surface area contributed by atoms with Crippen molar-refractivity contribution in [1.29, 1.82) is 0 Å². The largest absolute Gasteiger partial charge is 0.451 e. The zero-order valence-electron chi connectivity index (χ0n) is 12.9. The standard InChI is InChI=1S/C19H12FNO4/c20-13-5-6-14-12(8-18(22)25-16(14)9-13)10-21-19(23)17-7-11-3-1-2-4-15(11)24-17/h1-9H,10H2,(H,21,23). The van der Waals surface area contributed by atoms with Gasteiger partial charge in [0.15, 0.2) is 5.76 Å². The number of furan rings is 1. The van der Waals surface area contributed by atoms with Gasteiger partial charge in [-0.3, -0.25) is 4.79 Å². The van der Waals surface area contributed by atoms with E-state index >= 15 is 0 Å². The minimum atomic E-state index is -0.605. The van der Waals surface area contributed by atoms with E-state index in [1.54, 1.807) is 12.1 Å². The molecular formula is C19H12FNO4. The average Bonchev–Trinajstić information content (AvgIpc) is 3.03. The summed E-state index contributed by atoms with van der Waals surface area (Å²) in [5, 5.41) is 4.09. The van der Waals surface area contributed by atoms with Gasteiger partial charge in [0.1, 0.15) is 17.0 Å². The van der Waals surface area contributed by atoms with Crippen LogP contribution in [0.25, 0.3) is 21.9 Å². The van der Waals surface area contributed by atoms with Crippen LogP contribution in [0, 0.1) is 5.82 Å². The van der Waals surface area contributed by atoms with Crippen molar-refractivity contribution in [2.75, 3.05) is 0 Å². The molecule has 0 aliphatic rings. The van der Waals surface area contributed by atoms with Crippen LogP contribution in [0.1, 0.15) is 16.1 Å². The van der Waals surface area contributed by atoms with E-state index in [0.29, 0.717) is 16.5 Å². The van der Waals surface area contributed by atoms with E-state index in [1.165, 1.54) is 18.2 Å². The van der Waals surface area contributed by atoms with Crippen LogP contribution in [-0.4, -0.2) is 5.91 Å². The summed E-state index contributed by atoms with van der Waals surface area (Å²) in [5.74, 6) is -0.724. The molecule has 0 saturated carbocycles. The molecule has 4 rings (SSSR count). The van der Waals surface area contributed by atoms with Gasteiger partial charge in [0.25, 0.3) is 5.91 Å². The smallest absolute Gasteiger partial charge is 0.336 e. The van der Waals surface area contributed by atoms with Gasteiger partial charge in [-0.25, -0.2) is 9.18 Å². The number of hydrogen-bond donors (Lipinski definition) is 1. The van der Waals surface area contributed by atoms with Crippen molar-refractivity contribution in [3.8, 4) is 0 Å². The van der Waals surface area contributed by atoms with Crippen LogP contribution in [0.15, 0.2) is 68.2 Å². The van der Waals surface area contributed by atoms with Gasteiger partial charge in [-0.05, 0) is 29.8 Å². The fourth-order valence-electron chi connectivity index (χ4n) is 2.71. The topological polar surface area (TPSA) is 72.5 Å². The van der Waals surface area contributed by atoms with Crippen LogP contribution in [-0.2, 0) is 6.54 Å². The van der Waals surface area contributed by atoms with E-state index in [9.17, 15) is 14.0 Å². The first-order valence-electron chi connectivity index (χ1n) is 7.59. The molecule has 1 N–H and O–H groups in total. The van der Waals surface area contributed by atoms with Gasteiger partial charge in [0.2, 0.25) is 0 Å². The molecule has 1 amide bonds. The lowest BCUT2D eigenvalue weighted by Gasteiger charge is -2.06. The molecular weight excluding hydrogens is 325 g/mol. The summed E-state index contributed by atoms with van der Waals surface area (Å²) in [7, 11) is 0. The van der Waals surface area contributed by atoms with Gasteiger partial charge in [-0.1, -0.05) is 18.2 Å². The van der Waals surface area contributed by atoms with E-state index in [1.807, 2.05) is 18.2 Å². The van der Waals surface area contributed by atoms with Gasteiger partial charge in [-0.15, -0.1) is 0 Å². The van der Waals surface area contributed by atoms with Crippen molar-refractivity contribution in [3.05, 3.63) is 82.2 Å². The second-order valence-electron chi connectivity index (χ2n) is 5.56. The number of amides is 1. The molecule has 0 unspecified atom stereocenters. The summed E-state index contributed by atoms with van der Waals surface area (Å²) < 4.78 is 23.8. The molecule has 4 aromatic rings. The zero-order chi connectivity index (χ0) is 17.4.